The van der Waals surface area contributed by atoms with Gasteiger partial charge in [-0.25, -0.2) is 4.79 Å². The summed E-state index contributed by atoms with van der Waals surface area (Å²) in [7, 11) is 0. The maximum absolute atomic E-state index is 13.0. The second-order valence-electron chi connectivity index (χ2n) is 6.73. The maximum atomic E-state index is 13.0. The van der Waals surface area contributed by atoms with Crippen molar-refractivity contribution in [3.8, 4) is 0 Å². The van der Waals surface area contributed by atoms with Gasteiger partial charge in [-0.15, -0.1) is 11.3 Å². The highest BCUT2D eigenvalue weighted by Gasteiger charge is 2.23. The second kappa shape index (κ2) is 7.48. The molecule has 0 aromatic carbocycles. The average Bonchev–Trinajstić information content (AvgIpc) is 3.12. The predicted octanol–water partition coefficient (Wildman–Crippen LogP) is 2.16. The SMILES string of the molecule is Cc1c(CN2CCNC2=S)sc2c1c(=O)n(C(C)C)c(=O)n2CCCF. The van der Waals surface area contributed by atoms with Gasteiger partial charge in [0.1, 0.15) is 4.83 Å². The summed E-state index contributed by atoms with van der Waals surface area (Å²) in [6, 6.07) is -0.255. The number of rotatable bonds is 6. The first-order chi connectivity index (χ1) is 12.4. The van der Waals surface area contributed by atoms with E-state index in [1.807, 2.05) is 20.8 Å². The summed E-state index contributed by atoms with van der Waals surface area (Å²) in [5, 5.41) is 4.40. The number of aryl methyl sites for hydroxylation is 2. The number of nitrogens with zero attached hydrogens (tertiary/aromatic N) is 3. The summed E-state index contributed by atoms with van der Waals surface area (Å²) < 4.78 is 15.6. The van der Waals surface area contributed by atoms with Crippen LogP contribution in [0.25, 0.3) is 10.2 Å². The van der Waals surface area contributed by atoms with E-state index in [2.05, 4.69) is 10.2 Å². The van der Waals surface area contributed by atoms with Crippen molar-refractivity contribution in [2.24, 2.45) is 0 Å². The fraction of sp³-hybridized carbons (Fsp3) is 0.588. The van der Waals surface area contributed by atoms with Crippen LogP contribution in [0.1, 0.15) is 36.8 Å². The predicted molar refractivity (Wildman–Crippen MR) is 107 cm³/mol. The molecule has 1 fully saturated rings. The number of hydrogen-bond donors (Lipinski definition) is 1. The zero-order valence-electron chi connectivity index (χ0n) is 15.2. The van der Waals surface area contributed by atoms with Crippen LogP contribution in [0.4, 0.5) is 4.39 Å². The highest BCUT2D eigenvalue weighted by Crippen LogP contribution is 2.29. The second-order valence-corrected chi connectivity index (χ2v) is 8.20. The van der Waals surface area contributed by atoms with E-state index < -0.39 is 6.67 Å². The van der Waals surface area contributed by atoms with Gasteiger partial charge in [0.2, 0.25) is 0 Å². The molecule has 0 saturated carbocycles. The molecule has 3 heterocycles. The van der Waals surface area contributed by atoms with Gasteiger partial charge in [0.15, 0.2) is 5.11 Å². The van der Waals surface area contributed by atoms with Crippen molar-refractivity contribution < 1.29 is 4.39 Å². The molecular formula is C17H23FN4O2S2. The van der Waals surface area contributed by atoms with Crippen LogP contribution >= 0.6 is 23.6 Å². The van der Waals surface area contributed by atoms with Crippen molar-refractivity contribution in [1.29, 1.82) is 0 Å². The van der Waals surface area contributed by atoms with Crippen LogP contribution in [-0.4, -0.2) is 38.9 Å². The van der Waals surface area contributed by atoms with Crippen molar-refractivity contribution in [1.82, 2.24) is 19.4 Å². The minimum atomic E-state index is -0.500. The molecule has 0 unspecified atom stereocenters. The summed E-state index contributed by atoms with van der Waals surface area (Å²) >= 11 is 6.74. The van der Waals surface area contributed by atoms with E-state index in [4.69, 9.17) is 12.2 Å². The summed E-state index contributed by atoms with van der Waals surface area (Å²) in [5.74, 6) is 0. The molecule has 6 nitrogen and oxygen atoms in total. The minimum absolute atomic E-state index is 0.248. The Kier molecular flexibility index (Phi) is 5.47. The monoisotopic (exact) mass is 398 g/mol. The molecule has 0 amide bonds. The lowest BCUT2D eigenvalue weighted by molar-refractivity contribution is 0.435. The van der Waals surface area contributed by atoms with Gasteiger partial charge in [-0.3, -0.25) is 18.3 Å². The van der Waals surface area contributed by atoms with Crippen molar-refractivity contribution in [2.75, 3.05) is 19.8 Å². The number of alkyl halides is 1. The molecule has 2 aromatic rings. The van der Waals surface area contributed by atoms with E-state index in [1.54, 1.807) is 4.57 Å². The van der Waals surface area contributed by atoms with Gasteiger partial charge in [0, 0.05) is 30.6 Å². The normalized spacial score (nSPS) is 14.7. The Labute approximate surface area is 160 Å². The van der Waals surface area contributed by atoms with E-state index in [9.17, 15) is 14.0 Å². The first-order valence-electron chi connectivity index (χ1n) is 8.72. The molecule has 142 valence electrons. The molecule has 0 atom stereocenters. The molecule has 9 heteroatoms. The number of hydrogen-bond acceptors (Lipinski definition) is 4. The first kappa shape index (κ1) is 19.0. The lowest BCUT2D eigenvalue weighted by atomic mass is 10.2. The molecule has 1 saturated heterocycles. The Morgan fingerprint density at radius 2 is 2.08 bits per heavy atom. The summed E-state index contributed by atoms with van der Waals surface area (Å²) in [4.78, 5) is 29.5. The molecule has 0 aliphatic carbocycles. The van der Waals surface area contributed by atoms with Crippen molar-refractivity contribution in [2.45, 2.75) is 46.3 Å². The zero-order valence-corrected chi connectivity index (χ0v) is 16.8. The lowest BCUT2D eigenvalue weighted by Gasteiger charge is -2.15. The lowest BCUT2D eigenvalue weighted by Crippen LogP contribution is -2.40. The highest BCUT2D eigenvalue weighted by molar-refractivity contribution is 7.80. The Balaban J connectivity index is 2.20. The van der Waals surface area contributed by atoms with Gasteiger partial charge in [0.25, 0.3) is 5.56 Å². The Bertz CT molecular complexity index is 960. The van der Waals surface area contributed by atoms with Crippen molar-refractivity contribution in [3.05, 3.63) is 31.3 Å². The van der Waals surface area contributed by atoms with E-state index in [0.717, 1.165) is 23.5 Å². The third-order valence-electron chi connectivity index (χ3n) is 4.65. The van der Waals surface area contributed by atoms with Gasteiger partial charge in [-0.05, 0) is 45.0 Å². The smallest absolute Gasteiger partial charge is 0.332 e. The molecule has 0 bridgehead atoms. The molecule has 0 radical (unpaired) electrons. The summed E-state index contributed by atoms with van der Waals surface area (Å²) in [6.45, 7) is 7.53. The number of aromatic nitrogens is 2. The topological polar surface area (TPSA) is 59.3 Å². The van der Waals surface area contributed by atoms with Crippen LogP contribution in [0.3, 0.4) is 0 Å². The molecule has 3 rings (SSSR count). The first-order valence-corrected chi connectivity index (χ1v) is 9.95. The largest absolute Gasteiger partial charge is 0.361 e. The molecular weight excluding hydrogens is 375 g/mol. The quantitative estimate of drug-likeness (QED) is 0.756. The van der Waals surface area contributed by atoms with E-state index in [1.165, 1.54) is 15.9 Å². The standard InChI is InChI=1S/C17H23FN4O2S2/c1-10(2)22-14(23)13-11(3)12(9-20-8-6-19-16(20)25)26-15(13)21(17(22)24)7-4-5-18/h10H,4-9H2,1-3H3,(H,19,25). The Hall–Kier alpha value is -1.74. The molecule has 1 aliphatic rings. The van der Waals surface area contributed by atoms with E-state index >= 15 is 0 Å². The van der Waals surface area contributed by atoms with Gasteiger partial charge in [-0.2, -0.15) is 0 Å². The maximum Gasteiger partial charge on any atom is 0.332 e. The van der Waals surface area contributed by atoms with Gasteiger partial charge in [-0.1, -0.05) is 0 Å². The van der Waals surface area contributed by atoms with Crippen LogP contribution in [-0.2, 0) is 13.1 Å². The summed E-state index contributed by atoms with van der Waals surface area (Å²) in [5.41, 5.74) is 0.254. The van der Waals surface area contributed by atoms with Crippen molar-refractivity contribution >= 4 is 38.9 Å². The van der Waals surface area contributed by atoms with Crippen LogP contribution < -0.4 is 16.6 Å². The number of thiocarbonyl (C=S) groups is 1. The molecule has 1 N–H and O–H groups in total. The van der Waals surface area contributed by atoms with Crippen LogP contribution in [0.2, 0.25) is 0 Å². The number of nitrogens with one attached hydrogen (secondary N) is 1. The molecule has 0 spiro atoms. The fourth-order valence-electron chi connectivity index (χ4n) is 3.27. The number of thiophene rings is 1. The minimum Gasteiger partial charge on any atom is -0.361 e. The average molecular weight is 399 g/mol. The Morgan fingerprint density at radius 3 is 2.65 bits per heavy atom. The van der Waals surface area contributed by atoms with Crippen molar-refractivity contribution in [3.63, 3.8) is 0 Å². The van der Waals surface area contributed by atoms with Crippen LogP contribution in [0.15, 0.2) is 9.59 Å². The molecule has 2 aromatic heterocycles. The fourth-order valence-corrected chi connectivity index (χ4v) is 4.86. The molecule has 26 heavy (non-hydrogen) atoms. The molecule has 1 aliphatic heterocycles. The zero-order chi connectivity index (χ0) is 19.0. The van der Waals surface area contributed by atoms with Gasteiger partial charge in [0.05, 0.1) is 18.6 Å². The van der Waals surface area contributed by atoms with Gasteiger partial charge < -0.3 is 10.2 Å². The van der Waals surface area contributed by atoms with E-state index in [0.29, 0.717) is 21.9 Å². The van der Waals surface area contributed by atoms with Crippen LogP contribution in [0, 0.1) is 6.92 Å². The third kappa shape index (κ3) is 3.18. The van der Waals surface area contributed by atoms with Crippen LogP contribution in [0.5, 0.6) is 0 Å². The highest BCUT2D eigenvalue weighted by atomic mass is 32.1. The number of fused-ring (bicyclic) bond motifs is 1. The number of halogens is 1. The Morgan fingerprint density at radius 1 is 1.35 bits per heavy atom. The van der Waals surface area contributed by atoms with E-state index in [-0.39, 0.29) is 30.3 Å². The third-order valence-corrected chi connectivity index (χ3v) is 6.36. The van der Waals surface area contributed by atoms with Gasteiger partial charge >= 0.3 is 5.69 Å². The summed E-state index contributed by atoms with van der Waals surface area (Å²) in [6.07, 6.45) is 0.248.